The fourth-order valence-electron chi connectivity index (χ4n) is 2.25. The minimum atomic E-state index is 0.727. The minimum absolute atomic E-state index is 0.727. The summed E-state index contributed by atoms with van der Waals surface area (Å²) < 4.78 is 0. The van der Waals surface area contributed by atoms with Crippen LogP contribution in [0.15, 0.2) is 42.6 Å². The van der Waals surface area contributed by atoms with E-state index in [2.05, 4.69) is 34.1 Å². The number of pyridine rings is 1. The highest BCUT2D eigenvalue weighted by molar-refractivity contribution is 6.30. The van der Waals surface area contributed by atoms with E-state index in [1.54, 1.807) is 6.20 Å². The third kappa shape index (κ3) is 2.33. The van der Waals surface area contributed by atoms with Crippen molar-refractivity contribution in [2.24, 2.45) is 0 Å². The molecule has 1 aliphatic rings. The van der Waals surface area contributed by atoms with E-state index < -0.39 is 0 Å². The molecule has 0 radical (unpaired) electrons. The van der Waals surface area contributed by atoms with Gasteiger partial charge in [0.15, 0.2) is 0 Å². The van der Waals surface area contributed by atoms with E-state index in [-0.39, 0.29) is 0 Å². The van der Waals surface area contributed by atoms with Gasteiger partial charge >= 0.3 is 0 Å². The van der Waals surface area contributed by atoms with Crippen LogP contribution in [0.1, 0.15) is 16.8 Å². The summed E-state index contributed by atoms with van der Waals surface area (Å²) >= 11 is 5.95. The van der Waals surface area contributed by atoms with Crippen molar-refractivity contribution in [1.29, 1.82) is 0 Å². The van der Waals surface area contributed by atoms with Gasteiger partial charge < -0.3 is 0 Å². The average Bonchev–Trinajstić information content (AvgIpc) is 2.71. The summed E-state index contributed by atoms with van der Waals surface area (Å²) in [5, 5.41) is 0.727. The van der Waals surface area contributed by atoms with Gasteiger partial charge in [0.1, 0.15) is 0 Å². The molecule has 2 aromatic rings. The van der Waals surface area contributed by atoms with E-state index >= 15 is 0 Å². The standard InChI is InChI=1S/C14H13ClN2/c15-13-6-12-9-17(10-14(12)16-7-13)8-11-4-2-1-3-5-11/h1-7H,8-10H2. The van der Waals surface area contributed by atoms with Crippen LogP contribution in [0.25, 0.3) is 0 Å². The summed E-state index contributed by atoms with van der Waals surface area (Å²) in [7, 11) is 0. The van der Waals surface area contributed by atoms with E-state index in [4.69, 9.17) is 11.6 Å². The largest absolute Gasteiger partial charge is 0.289 e. The van der Waals surface area contributed by atoms with Crippen LogP contribution in [-0.2, 0) is 19.6 Å². The second kappa shape index (κ2) is 4.47. The molecule has 0 saturated heterocycles. The molecule has 0 fully saturated rings. The molecule has 0 unspecified atom stereocenters. The lowest BCUT2D eigenvalue weighted by molar-refractivity contribution is 0.274. The Hall–Kier alpha value is -1.38. The Labute approximate surface area is 106 Å². The van der Waals surface area contributed by atoms with Crippen molar-refractivity contribution in [2.75, 3.05) is 0 Å². The molecule has 0 bridgehead atoms. The molecule has 86 valence electrons. The lowest BCUT2D eigenvalue weighted by Gasteiger charge is -2.14. The summed E-state index contributed by atoms with van der Waals surface area (Å²) in [6.07, 6.45) is 1.73. The molecule has 1 aromatic heterocycles. The zero-order valence-electron chi connectivity index (χ0n) is 9.44. The third-order valence-corrected chi connectivity index (χ3v) is 3.25. The number of rotatable bonds is 2. The van der Waals surface area contributed by atoms with Crippen molar-refractivity contribution in [3.63, 3.8) is 0 Å². The fourth-order valence-corrected chi connectivity index (χ4v) is 2.43. The SMILES string of the molecule is Clc1cnc2c(c1)CN(Cc1ccccc1)C2. The highest BCUT2D eigenvalue weighted by Crippen LogP contribution is 2.24. The Bertz CT molecular complexity index is 525. The van der Waals surface area contributed by atoms with Gasteiger partial charge in [0, 0.05) is 25.8 Å². The Morgan fingerprint density at radius 1 is 1.18 bits per heavy atom. The quantitative estimate of drug-likeness (QED) is 0.806. The minimum Gasteiger partial charge on any atom is -0.289 e. The van der Waals surface area contributed by atoms with E-state index in [0.29, 0.717) is 0 Å². The number of benzene rings is 1. The molecule has 3 rings (SSSR count). The first-order valence-corrected chi connectivity index (χ1v) is 6.08. The molecule has 0 atom stereocenters. The average molecular weight is 245 g/mol. The highest BCUT2D eigenvalue weighted by atomic mass is 35.5. The van der Waals surface area contributed by atoms with E-state index in [9.17, 15) is 0 Å². The fraction of sp³-hybridized carbons (Fsp3) is 0.214. The number of nitrogens with zero attached hydrogens (tertiary/aromatic N) is 2. The molecule has 0 aliphatic carbocycles. The smallest absolute Gasteiger partial charge is 0.0592 e. The van der Waals surface area contributed by atoms with Crippen LogP contribution in [0.4, 0.5) is 0 Å². The monoisotopic (exact) mass is 244 g/mol. The Morgan fingerprint density at radius 3 is 2.82 bits per heavy atom. The molecule has 2 nitrogen and oxygen atoms in total. The van der Waals surface area contributed by atoms with Gasteiger partial charge in [0.25, 0.3) is 0 Å². The summed E-state index contributed by atoms with van der Waals surface area (Å²) in [6, 6.07) is 12.5. The first-order chi connectivity index (χ1) is 8.31. The zero-order chi connectivity index (χ0) is 11.7. The summed E-state index contributed by atoms with van der Waals surface area (Å²) in [6.45, 7) is 2.83. The van der Waals surface area contributed by atoms with Gasteiger partial charge in [0.05, 0.1) is 10.7 Å². The molecule has 1 aromatic carbocycles. The van der Waals surface area contributed by atoms with Crippen molar-refractivity contribution >= 4 is 11.6 Å². The molecule has 0 spiro atoms. The van der Waals surface area contributed by atoms with Crippen molar-refractivity contribution < 1.29 is 0 Å². The van der Waals surface area contributed by atoms with Gasteiger partial charge in [-0.3, -0.25) is 9.88 Å². The molecule has 1 aliphatic heterocycles. The lowest BCUT2D eigenvalue weighted by Crippen LogP contribution is -2.15. The number of halogens is 1. The summed E-state index contributed by atoms with van der Waals surface area (Å²) in [5.74, 6) is 0. The van der Waals surface area contributed by atoms with Gasteiger partial charge in [-0.25, -0.2) is 0 Å². The summed E-state index contributed by atoms with van der Waals surface area (Å²) in [4.78, 5) is 6.76. The highest BCUT2D eigenvalue weighted by Gasteiger charge is 2.20. The number of hydrogen-bond donors (Lipinski definition) is 0. The predicted molar refractivity (Wildman–Crippen MR) is 68.6 cm³/mol. The molecule has 3 heteroatoms. The normalized spacial score (nSPS) is 14.9. The maximum atomic E-state index is 5.95. The number of aromatic nitrogens is 1. The molecule has 17 heavy (non-hydrogen) atoms. The van der Waals surface area contributed by atoms with Crippen LogP contribution >= 0.6 is 11.6 Å². The van der Waals surface area contributed by atoms with Crippen LogP contribution in [0, 0.1) is 0 Å². The predicted octanol–water partition coefficient (Wildman–Crippen LogP) is 3.25. The van der Waals surface area contributed by atoms with Crippen LogP contribution in [0.2, 0.25) is 5.02 Å². The van der Waals surface area contributed by atoms with Gasteiger partial charge in [0.2, 0.25) is 0 Å². The topological polar surface area (TPSA) is 16.1 Å². The number of fused-ring (bicyclic) bond motifs is 1. The Morgan fingerprint density at radius 2 is 2.00 bits per heavy atom. The Balaban J connectivity index is 1.74. The van der Waals surface area contributed by atoms with Crippen molar-refractivity contribution in [1.82, 2.24) is 9.88 Å². The van der Waals surface area contributed by atoms with Crippen LogP contribution in [0.3, 0.4) is 0 Å². The van der Waals surface area contributed by atoms with Crippen molar-refractivity contribution in [2.45, 2.75) is 19.6 Å². The number of hydrogen-bond acceptors (Lipinski definition) is 2. The first kappa shape index (κ1) is 10.8. The second-order valence-corrected chi connectivity index (χ2v) is 4.83. The maximum absolute atomic E-state index is 5.95. The Kier molecular flexibility index (Phi) is 2.83. The van der Waals surface area contributed by atoms with Gasteiger partial charge in [-0.1, -0.05) is 41.9 Å². The van der Waals surface area contributed by atoms with Gasteiger partial charge in [-0.05, 0) is 17.2 Å². The van der Waals surface area contributed by atoms with Crippen molar-refractivity contribution in [3.8, 4) is 0 Å². The van der Waals surface area contributed by atoms with E-state index in [0.717, 1.165) is 30.4 Å². The van der Waals surface area contributed by atoms with Gasteiger partial charge in [-0.2, -0.15) is 0 Å². The first-order valence-electron chi connectivity index (χ1n) is 5.71. The maximum Gasteiger partial charge on any atom is 0.0592 e. The lowest BCUT2D eigenvalue weighted by atomic mass is 10.2. The van der Waals surface area contributed by atoms with Crippen LogP contribution in [-0.4, -0.2) is 9.88 Å². The molecular weight excluding hydrogens is 232 g/mol. The van der Waals surface area contributed by atoms with Crippen LogP contribution in [0.5, 0.6) is 0 Å². The van der Waals surface area contributed by atoms with Crippen molar-refractivity contribution in [3.05, 3.63) is 64.4 Å². The van der Waals surface area contributed by atoms with E-state index in [1.165, 1.54) is 11.1 Å². The zero-order valence-corrected chi connectivity index (χ0v) is 10.2. The molecule has 0 saturated carbocycles. The third-order valence-electron chi connectivity index (χ3n) is 3.04. The van der Waals surface area contributed by atoms with Crippen LogP contribution < -0.4 is 0 Å². The molecular formula is C14H13ClN2. The molecule has 0 amide bonds. The summed E-state index contributed by atoms with van der Waals surface area (Å²) in [5.41, 5.74) is 3.75. The molecule has 2 heterocycles. The van der Waals surface area contributed by atoms with Gasteiger partial charge in [-0.15, -0.1) is 0 Å². The van der Waals surface area contributed by atoms with E-state index in [1.807, 2.05) is 12.1 Å². The second-order valence-electron chi connectivity index (χ2n) is 4.39. The molecule has 0 N–H and O–H groups in total.